The number of aliphatic carboxylic acids is 1. The second-order valence-corrected chi connectivity index (χ2v) is 6.30. The van der Waals surface area contributed by atoms with Gasteiger partial charge in [-0.1, -0.05) is 0 Å². The largest absolute Gasteiger partial charge is 0.479 e. The van der Waals surface area contributed by atoms with Gasteiger partial charge in [0.15, 0.2) is 18.7 Å². The number of nitrogens with one attached hydrogen (secondary N) is 1. The maximum absolute atomic E-state index is 11.4. The molecule has 2 fully saturated rings. The number of hydrogen-bond acceptors (Lipinski definition) is 11. The van der Waals surface area contributed by atoms with Crippen LogP contribution in [0.5, 0.6) is 0 Å². The van der Waals surface area contributed by atoms with E-state index in [9.17, 15) is 45.3 Å². The van der Waals surface area contributed by atoms with E-state index in [1.165, 1.54) is 0 Å². The van der Waals surface area contributed by atoms with Crippen LogP contribution in [0.4, 0.5) is 0 Å². The summed E-state index contributed by atoms with van der Waals surface area (Å²) < 4.78 is 15.3. The molecule has 0 bridgehead atoms. The Balaban J connectivity index is 2.28. The normalized spacial score (nSPS) is 45.3. The number of carbonyl (C=O) groups is 2. The lowest BCUT2D eigenvalue weighted by molar-refractivity contribution is -0.335. The molecule has 0 aromatic carbocycles. The van der Waals surface area contributed by atoms with Crippen molar-refractivity contribution in [2.45, 2.75) is 68.3 Å². The van der Waals surface area contributed by atoms with Crippen molar-refractivity contribution in [3.63, 3.8) is 0 Å². The Labute approximate surface area is 152 Å². The van der Waals surface area contributed by atoms with Gasteiger partial charge in [-0.05, 0) is 0 Å². The summed E-state index contributed by atoms with van der Waals surface area (Å²) in [4.78, 5) is 22.7. The van der Waals surface area contributed by atoms with E-state index < -0.39 is 79.8 Å². The number of carbonyl (C=O) groups excluding carboxylic acids is 1. The lowest BCUT2D eigenvalue weighted by atomic mass is 9.95. The molecule has 13 heteroatoms. The summed E-state index contributed by atoms with van der Waals surface area (Å²) in [6.45, 7) is 0.366. The molecule has 0 radical (unpaired) electrons. The van der Waals surface area contributed by atoms with Gasteiger partial charge in [0.25, 0.3) is 0 Å². The third-order valence-electron chi connectivity index (χ3n) is 4.35. The Morgan fingerprint density at radius 2 is 1.63 bits per heavy atom. The molecule has 0 aromatic rings. The van der Waals surface area contributed by atoms with Crippen LogP contribution in [-0.4, -0.2) is 116 Å². The smallest absolute Gasteiger partial charge is 0.335 e. The van der Waals surface area contributed by atoms with Crippen LogP contribution in [0.3, 0.4) is 0 Å². The maximum Gasteiger partial charge on any atom is 0.335 e. The lowest BCUT2D eigenvalue weighted by Crippen LogP contribution is -2.67. The Kier molecular flexibility index (Phi) is 7.07. The number of carboxylic acids is 1. The molecule has 0 saturated carbocycles. The van der Waals surface area contributed by atoms with Gasteiger partial charge in [-0.3, -0.25) is 4.79 Å². The van der Waals surface area contributed by atoms with E-state index in [-0.39, 0.29) is 0 Å². The predicted molar refractivity (Wildman–Crippen MR) is 80.8 cm³/mol. The van der Waals surface area contributed by atoms with Gasteiger partial charge < -0.3 is 55.3 Å². The second-order valence-electron chi connectivity index (χ2n) is 6.30. The minimum atomic E-state index is -1.99. The topological polar surface area (TPSA) is 215 Å². The second kappa shape index (κ2) is 8.72. The zero-order valence-electron chi connectivity index (χ0n) is 14.2. The van der Waals surface area contributed by atoms with Crippen molar-refractivity contribution in [1.29, 1.82) is 0 Å². The van der Waals surface area contributed by atoms with Crippen molar-refractivity contribution in [2.75, 3.05) is 6.61 Å². The molecule has 0 spiro atoms. The standard InChI is InChI=1S/C14H23NO12/c1-3(17)15-5-7(19)6(18)4(2-16)25-14(5)27-10-8(20)9(21)13(24)26-11(10)12(22)23/h4-11,13-14,16,18-21,24H,2H2,1H3,(H,15,17)(H,22,23)/t4-,5-,6+,7-,8-,9-,10+,11+,13?,14+/m1/s1. The van der Waals surface area contributed by atoms with E-state index in [1.807, 2.05) is 0 Å². The van der Waals surface area contributed by atoms with Crippen LogP contribution >= 0.6 is 0 Å². The molecule has 27 heavy (non-hydrogen) atoms. The quantitative estimate of drug-likeness (QED) is 0.218. The lowest BCUT2D eigenvalue weighted by Gasteiger charge is -2.46. The van der Waals surface area contributed by atoms with Crippen LogP contribution in [0.25, 0.3) is 0 Å². The summed E-state index contributed by atoms with van der Waals surface area (Å²) in [5, 5.41) is 70.1. The minimum absolute atomic E-state index is 0.642. The molecule has 10 atom stereocenters. The SMILES string of the molecule is CC(=O)N[C@H]1[C@H](O[C@H]2[C@H](O)[C@@H](O)C(O)O[C@@H]2C(=O)O)O[C@H](CO)[C@H](O)[C@@H]1O. The van der Waals surface area contributed by atoms with Gasteiger partial charge in [-0.2, -0.15) is 0 Å². The summed E-state index contributed by atoms with van der Waals surface area (Å²) in [5.74, 6) is -2.27. The van der Waals surface area contributed by atoms with Crippen LogP contribution in [0.1, 0.15) is 6.92 Å². The molecule has 8 N–H and O–H groups in total. The van der Waals surface area contributed by atoms with Crippen molar-refractivity contribution in [3.8, 4) is 0 Å². The molecular formula is C14H23NO12. The highest BCUT2D eigenvalue weighted by molar-refractivity contribution is 5.74. The number of hydrogen-bond donors (Lipinski definition) is 8. The van der Waals surface area contributed by atoms with Gasteiger partial charge in [0.2, 0.25) is 5.91 Å². The van der Waals surface area contributed by atoms with Gasteiger partial charge in [0.05, 0.1) is 6.61 Å². The number of aliphatic hydroxyl groups is 6. The molecule has 0 aliphatic carbocycles. The van der Waals surface area contributed by atoms with Crippen LogP contribution in [0.2, 0.25) is 0 Å². The predicted octanol–water partition coefficient (Wildman–Crippen LogP) is -5.16. The molecule has 1 amide bonds. The molecule has 2 aliphatic heterocycles. The highest BCUT2D eigenvalue weighted by Crippen LogP contribution is 2.28. The van der Waals surface area contributed by atoms with Gasteiger partial charge in [0, 0.05) is 6.92 Å². The molecule has 2 saturated heterocycles. The fourth-order valence-electron chi connectivity index (χ4n) is 2.94. The molecule has 2 rings (SSSR count). The first-order chi connectivity index (χ1) is 12.6. The van der Waals surface area contributed by atoms with Crippen LogP contribution in [0, 0.1) is 0 Å². The first kappa shape index (κ1) is 21.9. The zero-order chi connectivity index (χ0) is 20.5. The Bertz CT molecular complexity index is 546. The van der Waals surface area contributed by atoms with E-state index in [0.717, 1.165) is 6.92 Å². The summed E-state index contributed by atoms with van der Waals surface area (Å²) in [6.07, 6.45) is -15.7. The molecule has 13 nitrogen and oxygen atoms in total. The summed E-state index contributed by atoms with van der Waals surface area (Å²) in [6, 6.07) is -1.40. The summed E-state index contributed by atoms with van der Waals surface area (Å²) >= 11 is 0. The average Bonchev–Trinajstić information content (AvgIpc) is 2.60. The van der Waals surface area contributed by atoms with Gasteiger partial charge in [-0.15, -0.1) is 0 Å². The van der Waals surface area contributed by atoms with E-state index in [4.69, 9.17) is 14.2 Å². The van der Waals surface area contributed by atoms with E-state index in [1.54, 1.807) is 0 Å². The number of carboxylic acid groups (broad SMARTS) is 1. The van der Waals surface area contributed by atoms with Gasteiger partial charge in [-0.25, -0.2) is 4.79 Å². The first-order valence-electron chi connectivity index (χ1n) is 8.06. The molecule has 156 valence electrons. The maximum atomic E-state index is 11.4. The molecule has 0 aromatic heterocycles. The highest BCUT2D eigenvalue weighted by atomic mass is 16.7. The zero-order valence-corrected chi connectivity index (χ0v) is 14.2. The third kappa shape index (κ3) is 4.53. The van der Waals surface area contributed by atoms with Crippen LogP contribution in [0.15, 0.2) is 0 Å². The molecule has 2 aliphatic rings. The Morgan fingerprint density at radius 3 is 2.15 bits per heavy atom. The number of rotatable bonds is 5. The van der Waals surface area contributed by atoms with Gasteiger partial charge >= 0.3 is 5.97 Å². The highest BCUT2D eigenvalue weighted by Gasteiger charge is 2.52. The first-order valence-corrected chi connectivity index (χ1v) is 8.06. The van der Waals surface area contributed by atoms with Crippen LogP contribution in [-0.2, 0) is 23.8 Å². The van der Waals surface area contributed by atoms with E-state index in [2.05, 4.69) is 5.32 Å². The third-order valence-corrected chi connectivity index (χ3v) is 4.35. The molecular weight excluding hydrogens is 374 g/mol. The summed E-state index contributed by atoms with van der Waals surface area (Å²) in [5.41, 5.74) is 0. The Hall–Kier alpha value is -1.42. The minimum Gasteiger partial charge on any atom is -0.479 e. The fraction of sp³-hybridized carbons (Fsp3) is 0.857. The number of amides is 1. The van der Waals surface area contributed by atoms with Crippen molar-refractivity contribution >= 4 is 11.9 Å². The van der Waals surface area contributed by atoms with Crippen LogP contribution < -0.4 is 5.32 Å². The van der Waals surface area contributed by atoms with E-state index in [0.29, 0.717) is 0 Å². The number of ether oxygens (including phenoxy) is 3. The monoisotopic (exact) mass is 397 g/mol. The number of aliphatic hydroxyl groups excluding tert-OH is 6. The van der Waals surface area contributed by atoms with Crippen molar-refractivity contribution in [2.24, 2.45) is 0 Å². The summed E-state index contributed by atoms with van der Waals surface area (Å²) in [7, 11) is 0. The molecule has 1 unspecified atom stereocenters. The fourth-order valence-corrected chi connectivity index (χ4v) is 2.94. The Morgan fingerprint density at radius 1 is 1.00 bits per heavy atom. The van der Waals surface area contributed by atoms with Crippen molar-refractivity contribution < 1.29 is 59.5 Å². The van der Waals surface area contributed by atoms with Crippen molar-refractivity contribution in [1.82, 2.24) is 5.32 Å². The molecule has 2 heterocycles. The van der Waals surface area contributed by atoms with E-state index >= 15 is 0 Å². The average molecular weight is 397 g/mol. The van der Waals surface area contributed by atoms with Gasteiger partial charge in [0.1, 0.15) is 42.7 Å². The van der Waals surface area contributed by atoms with Crippen molar-refractivity contribution in [3.05, 3.63) is 0 Å².